The van der Waals surface area contributed by atoms with Crippen molar-refractivity contribution >= 4 is 0 Å². The quantitative estimate of drug-likeness (QED) is 0.212. The topological polar surface area (TPSA) is 55.0 Å². The molecule has 4 rings (SSSR count). The van der Waals surface area contributed by atoms with Crippen LogP contribution in [0.5, 0.6) is 11.5 Å². The summed E-state index contributed by atoms with van der Waals surface area (Å²) in [5.41, 5.74) is -4.94. The van der Waals surface area contributed by atoms with Gasteiger partial charge >= 0.3 is 18.5 Å². The van der Waals surface area contributed by atoms with E-state index in [2.05, 4.69) is 0 Å². The molecule has 0 saturated carbocycles. The molecular formula is C30H19F9N2O2. The zero-order valence-electron chi connectivity index (χ0n) is 22.2. The van der Waals surface area contributed by atoms with Gasteiger partial charge in [0.05, 0.1) is 28.9 Å². The van der Waals surface area contributed by atoms with Crippen molar-refractivity contribution in [2.75, 3.05) is 0 Å². The lowest BCUT2D eigenvalue weighted by molar-refractivity contribution is -0.143. The standard InChI is InChI=1S/C30H19F9N2O2/c1-16-3-4-19(17(2)9-16)15-41-26(13-25(30(37,38)39)24(14-40)27(41)42)18-5-7-22(8-6-18)43-23-11-20(28(31,32)33)10-21(12-23)29(34,35)36/h3-13H,15H2,1-2H3. The molecule has 0 amide bonds. The molecule has 4 aromatic rings. The van der Waals surface area contributed by atoms with Crippen LogP contribution in [0.4, 0.5) is 39.5 Å². The Bertz CT molecular complexity index is 1740. The molecule has 224 valence electrons. The van der Waals surface area contributed by atoms with Gasteiger partial charge in [0.2, 0.25) is 0 Å². The molecule has 1 heterocycles. The van der Waals surface area contributed by atoms with E-state index in [9.17, 15) is 49.6 Å². The number of ether oxygens (including phenoxy) is 1. The van der Waals surface area contributed by atoms with Gasteiger partial charge in [0.25, 0.3) is 5.56 Å². The summed E-state index contributed by atoms with van der Waals surface area (Å²) in [6.45, 7) is 3.37. The largest absolute Gasteiger partial charge is 0.457 e. The van der Waals surface area contributed by atoms with E-state index in [1.807, 2.05) is 6.92 Å². The van der Waals surface area contributed by atoms with Crippen molar-refractivity contribution < 1.29 is 44.3 Å². The van der Waals surface area contributed by atoms with Gasteiger partial charge in [-0.05, 0) is 79.1 Å². The molecule has 3 aromatic carbocycles. The number of hydrogen-bond donors (Lipinski definition) is 0. The van der Waals surface area contributed by atoms with E-state index in [1.54, 1.807) is 25.1 Å². The maximum absolute atomic E-state index is 13.8. The third-order valence-electron chi connectivity index (χ3n) is 6.49. The van der Waals surface area contributed by atoms with Crippen LogP contribution in [-0.4, -0.2) is 4.57 Å². The zero-order chi connectivity index (χ0) is 31.9. The van der Waals surface area contributed by atoms with Gasteiger partial charge in [0.15, 0.2) is 0 Å². The third kappa shape index (κ3) is 6.85. The maximum Gasteiger partial charge on any atom is 0.417 e. The summed E-state index contributed by atoms with van der Waals surface area (Å²) in [5.74, 6) is -1.01. The Kier molecular flexibility index (Phi) is 8.10. The molecule has 0 aliphatic carbocycles. The van der Waals surface area contributed by atoms with Crippen LogP contribution in [0.1, 0.15) is 38.9 Å². The van der Waals surface area contributed by atoms with Crippen molar-refractivity contribution in [3.63, 3.8) is 0 Å². The van der Waals surface area contributed by atoms with E-state index in [1.165, 1.54) is 18.2 Å². The van der Waals surface area contributed by atoms with E-state index in [-0.39, 0.29) is 29.6 Å². The first-order valence-electron chi connectivity index (χ1n) is 12.3. The Morgan fingerprint density at radius 1 is 0.744 bits per heavy atom. The van der Waals surface area contributed by atoms with Crippen molar-refractivity contribution in [3.05, 3.63) is 116 Å². The van der Waals surface area contributed by atoms with Crippen LogP contribution in [0, 0.1) is 25.2 Å². The average Bonchev–Trinajstić information content (AvgIpc) is 2.89. The first-order valence-corrected chi connectivity index (χ1v) is 12.3. The summed E-state index contributed by atoms with van der Waals surface area (Å²) in [6.07, 6.45) is -15.3. The lowest BCUT2D eigenvalue weighted by Gasteiger charge is -2.19. The Labute approximate surface area is 238 Å². The first kappa shape index (κ1) is 31.2. The highest BCUT2D eigenvalue weighted by Crippen LogP contribution is 2.40. The second-order valence-electron chi connectivity index (χ2n) is 9.62. The molecule has 0 saturated heterocycles. The molecule has 0 spiro atoms. The van der Waals surface area contributed by atoms with Gasteiger partial charge in [-0.3, -0.25) is 4.79 Å². The maximum atomic E-state index is 13.8. The number of halogens is 9. The van der Waals surface area contributed by atoms with E-state index in [4.69, 9.17) is 4.74 Å². The number of pyridine rings is 1. The SMILES string of the molecule is Cc1ccc(Cn2c(-c3ccc(Oc4cc(C(F)(F)F)cc(C(F)(F)F)c4)cc3)cc(C(F)(F)F)c(C#N)c2=O)c(C)c1. The van der Waals surface area contributed by atoms with Gasteiger partial charge in [-0.15, -0.1) is 0 Å². The van der Waals surface area contributed by atoms with E-state index < -0.39 is 52.1 Å². The molecule has 0 atom stereocenters. The number of benzene rings is 3. The van der Waals surface area contributed by atoms with Crippen molar-refractivity contribution in [1.29, 1.82) is 5.26 Å². The minimum absolute atomic E-state index is 0.0317. The van der Waals surface area contributed by atoms with Crippen molar-refractivity contribution in [2.24, 2.45) is 0 Å². The number of aryl methyl sites for hydroxylation is 2. The minimum atomic E-state index is -5.10. The van der Waals surface area contributed by atoms with Crippen molar-refractivity contribution in [1.82, 2.24) is 4.57 Å². The zero-order valence-corrected chi connectivity index (χ0v) is 22.2. The molecule has 0 aliphatic rings. The summed E-state index contributed by atoms with van der Waals surface area (Å²) in [7, 11) is 0. The molecule has 43 heavy (non-hydrogen) atoms. The Balaban J connectivity index is 1.81. The second-order valence-corrected chi connectivity index (χ2v) is 9.62. The first-order chi connectivity index (χ1) is 19.9. The van der Waals surface area contributed by atoms with Gasteiger partial charge in [0, 0.05) is 0 Å². The van der Waals surface area contributed by atoms with Crippen LogP contribution in [0.25, 0.3) is 11.3 Å². The van der Waals surface area contributed by atoms with Gasteiger partial charge in [-0.1, -0.05) is 23.8 Å². The Hall–Kier alpha value is -4.73. The molecule has 4 nitrogen and oxygen atoms in total. The Morgan fingerprint density at radius 2 is 1.33 bits per heavy atom. The summed E-state index contributed by atoms with van der Waals surface area (Å²) < 4.78 is 127. The fraction of sp³-hybridized carbons (Fsp3) is 0.200. The molecule has 1 aromatic heterocycles. The van der Waals surface area contributed by atoms with Crippen LogP contribution in [0.2, 0.25) is 0 Å². The van der Waals surface area contributed by atoms with Gasteiger partial charge in [-0.2, -0.15) is 44.8 Å². The van der Waals surface area contributed by atoms with E-state index in [0.29, 0.717) is 23.8 Å². The molecule has 0 N–H and O–H groups in total. The van der Waals surface area contributed by atoms with Crippen LogP contribution in [0.15, 0.2) is 71.5 Å². The van der Waals surface area contributed by atoms with Crippen LogP contribution in [0.3, 0.4) is 0 Å². The number of nitriles is 1. The van der Waals surface area contributed by atoms with Gasteiger partial charge in [0.1, 0.15) is 23.1 Å². The molecule has 0 fully saturated rings. The molecule has 0 bridgehead atoms. The van der Waals surface area contributed by atoms with E-state index >= 15 is 0 Å². The van der Waals surface area contributed by atoms with Crippen LogP contribution >= 0.6 is 0 Å². The summed E-state index contributed by atoms with van der Waals surface area (Å²) in [4.78, 5) is 13.2. The average molecular weight is 610 g/mol. The molecule has 13 heteroatoms. The molecule has 0 unspecified atom stereocenters. The van der Waals surface area contributed by atoms with Crippen molar-refractivity contribution in [3.8, 4) is 28.8 Å². The van der Waals surface area contributed by atoms with Gasteiger partial charge in [-0.25, -0.2) is 0 Å². The van der Waals surface area contributed by atoms with Gasteiger partial charge < -0.3 is 9.30 Å². The van der Waals surface area contributed by atoms with Crippen LogP contribution < -0.4 is 10.3 Å². The molecule has 0 radical (unpaired) electrons. The third-order valence-corrected chi connectivity index (χ3v) is 6.49. The fourth-order valence-corrected chi connectivity index (χ4v) is 4.38. The minimum Gasteiger partial charge on any atom is -0.457 e. The van der Waals surface area contributed by atoms with Crippen LogP contribution in [-0.2, 0) is 25.1 Å². The molecular weight excluding hydrogens is 591 g/mol. The highest BCUT2D eigenvalue weighted by atomic mass is 19.4. The van der Waals surface area contributed by atoms with E-state index in [0.717, 1.165) is 27.8 Å². The fourth-order valence-electron chi connectivity index (χ4n) is 4.38. The van der Waals surface area contributed by atoms with Crippen molar-refractivity contribution in [2.45, 2.75) is 38.9 Å². The monoisotopic (exact) mass is 610 g/mol. The normalized spacial score (nSPS) is 12.2. The summed E-state index contributed by atoms with van der Waals surface area (Å²) in [6, 6.07) is 12.5. The lowest BCUT2D eigenvalue weighted by atomic mass is 10.0. The lowest BCUT2D eigenvalue weighted by Crippen LogP contribution is -2.29. The Morgan fingerprint density at radius 3 is 1.81 bits per heavy atom. The number of hydrogen-bond acceptors (Lipinski definition) is 3. The predicted octanol–water partition coefficient (Wildman–Crippen LogP) is 8.90. The molecule has 0 aliphatic heterocycles. The number of alkyl halides is 9. The summed E-state index contributed by atoms with van der Waals surface area (Å²) >= 11 is 0. The number of rotatable bonds is 5. The summed E-state index contributed by atoms with van der Waals surface area (Å²) in [5, 5.41) is 9.40. The smallest absolute Gasteiger partial charge is 0.417 e. The highest BCUT2D eigenvalue weighted by Gasteiger charge is 2.38. The number of aromatic nitrogens is 1. The predicted molar refractivity (Wildman–Crippen MR) is 137 cm³/mol. The highest BCUT2D eigenvalue weighted by molar-refractivity contribution is 5.64. The second kappa shape index (κ2) is 11.2. The number of nitrogens with zero attached hydrogens (tertiary/aromatic N) is 2.